The molecule has 4 rings (SSSR count). The van der Waals surface area contributed by atoms with Crippen molar-refractivity contribution < 1.29 is 0 Å². The minimum atomic E-state index is -0.174. The highest BCUT2D eigenvalue weighted by Gasteiger charge is 2.18. The van der Waals surface area contributed by atoms with Crippen molar-refractivity contribution in [2.24, 2.45) is 0 Å². The van der Waals surface area contributed by atoms with E-state index in [1.54, 1.807) is 10.6 Å². The molecule has 31 heavy (non-hydrogen) atoms. The zero-order valence-corrected chi connectivity index (χ0v) is 18.6. The molecule has 160 valence electrons. The number of aromatic nitrogens is 4. The van der Waals surface area contributed by atoms with E-state index in [0.29, 0.717) is 39.3 Å². The van der Waals surface area contributed by atoms with E-state index in [9.17, 15) is 9.59 Å². The molecule has 0 bridgehead atoms. The molecule has 0 aliphatic heterocycles. The van der Waals surface area contributed by atoms with Crippen LogP contribution in [0.25, 0.3) is 21.8 Å². The lowest BCUT2D eigenvalue weighted by Crippen LogP contribution is -2.24. The molecule has 0 fully saturated rings. The summed E-state index contributed by atoms with van der Waals surface area (Å²) < 4.78 is 1.78. The minimum absolute atomic E-state index is 0.0169. The second kappa shape index (κ2) is 9.47. The predicted molar refractivity (Wildman–Crippen MR) is 127 cm³/mol. The van der Waals surface area contributed by atoms with Crippen LogP contribution in [0.4, 0.5) is 0 Å². The van der Waals surface area contributed by atoms with Crippen molar-refractivity contribution in [2.75, 3.05) is 0 Å². The first-order chi connectivity index (χ1) is 15.1. The predicted octanol–water partition coefficient (Wildman–Crippen LogP) is 5.07. The number of hydrogen-bond donors (Lipinski definition) is 1. The van der Waals surface area contributed by atoms with Crippen molar-refractivity contribution in [2.45, 2.75) is 56.5 Å². The van der Waals surface area contributed by atoms with Crippen LogP contribution < -0.4 is 11.1 Å². The number of aromatic amines is 1. The third kappa shape index (κ3) is 4.56. The zero-order valence-electron chi connectivity index (χ0n) is 17.8. The van der Waals surface area contributed by atoms with Crippen LogP contribution in [0, 0.1) is 0 Å². The number of nitrogens with zero attached hydrogens (tertiary/aromatic N) is 3. The van der Waals surface area contributed by atoms with Gasteiger partial charge in [-0.15, -0.1) is 0 Å². The van der Waals surface area contributed by atoms with Gasteiger partial charge in [-0.05, 0) is 37.6 Å². The maximum absolute atomic E-state index is 13.2. The quantitative estimate of drug-likeness (QED) is 0.238. The molecular weight excluding hydrogens is 408 g/mol. The van der Waals surface area contributed by atoms with E-state index in [1.807, 2.05) is 49.4 Å². The Labute approximate surface area is 184 Å². The second-order valence-corrected chi connectivity index (χ2v) is 8.97. The third-order valence-corrected chi connectivity index (χ3v) is 6.46. The van der Waals surface area contributed by atoms with Crippen LogP contribution in [0.5, 0.6) is 0 Å². The van der Waals surface area contributed by atoms with Gasteiger partial charge < -0.3 is 4.98 Å². The maximum Gasteiger partial charge on any atom is 0.262 e. The molecule has 0 radical (unpaired) electrons. The molecule has 0 saturated carbocycles. The summed E-state index contributed by atoms with van der Waals surface area (Å²) in [5.41, 5.74) is 1.18. The van der Waals surface area contributed by atoms with Crippen molar-refractivity contribution in [3.63, 3.8) is 0 Å². The summed E-state index contributed by atoms with van der Waals surface area (Å²) in [6, 6.07) is 14.7. The van der Waals surface area contributed by atoms with E-state index >= 15 is 0 Å². The largest absolute Gasteiger partial charge is 0.309 e. The van der Waals surface area contributed by atoms with E-state index in [4.69, 9.17) is 4.98 Å². The molecule has 2 aromatic heterocycles. The van der Waals surface area contributed by atoms with E-state index in [1.165, 1.54) is 11.8 Å². The normalized spacial score (nSPS) is 12.5. The summed E-state index contributed by atoms with van der Waals surface area (Å²) in [5.74, 6) is 0.577. The molecule has 0 aliphatic carbocycles. The fourth-order valence-electron chi connectivity index (χ4n) is 3.64. The third-order valence-electron chi connectivity index (χ3n) is 5.36. The van der Waals surface area contributed by atoms with Gasteiger partial charge in [0.15, 0.2) is 5.16 Å². The molecule has 2 aromatic carbocycles. The van der Waals surface area contributed by atoms with Crippen molar-refractivity contribution >= 4 is 33.6 Å². The number of para-hydroxylation sites is 2. The molecule has 1 N–H and O–H groups in total. The Morgan fingerprint density at radius 2 is 1.61 bits per heavy atom. The lowest BCUT2D eigenvalue weighted by molar-refractivity contribution is 0.531. The standard InChI is InChI=1S/C24H26N4O2S/c1-3-4-5-10-15-28-23(30)18-12-7-9-14-20(18)26-24(28)31-16(2)21-25-19-13-8-6-11-17(19)22(29)27-21/h6-9,11-14,16H,3-5,10,15H2,1-2H3,(H,25,27,29). The van der Waals surface area contributed by atoms with Gasteiger partial charge in [-0.1, -0.05) is 62.2 Å². The molecule has 7 heteroatoms. The van der Waals surface area contributed by atoms with Gasteiger partial charge in [-0.25, -0.2) is 9.97 Å². The van der Waals surface area contributed by atoms with Gasteiger partial charge in [-0.2, -0.15) is 0 Å². The van der Waals surface area contributed by atoms with E-state index in [-0.39, 0.29) is 16.4 Å². The first kappa shape index (κ1) is 21.3. The molecular formula is C24H26N4O2S. The lowest BCUT2D eigenvalue weighted by atomic mass is 10.2. The first-order valence-electron chi connectivity index (χ1n) is 10.7. The number of rotatable bonds is 8. The highest BCUT2D eigenvalue weighted by atomic mass is 32.2. The Hall–Kier alpha value is -2.93. The number of benzene rings is 2. The average Bonchev–Trinajstić information content (AvgIpc) is 2.78. The first-order valence-corrected chi connectivity index (χ1v) is 11.6. The highest BCUT2D eigenvalue weighted by molar-refractivity contribution is 7.99. The monoisotopic (exact) mass is 434 g/mol. The van der Waals surface area contributed by atoms with Crippen molar-refractivity contribution in [1.29, 1.82) is 0 Å². The molecule has 0 amide bonds. The Balaban J connectivity index is 1.71. The molecule has 0 saturated heterocycles. The molecule has 1 atom stereocenters. The number of hydrogen-bond acceptors (Lipinski definition) is 5. The van der Waals surface area contributed by atoms with Gasteiger partial charge in [0.25, 0.3) is 11.1 Å². The van der Waals surface area contributed by atoms with Crippen LogP contribution in [-0.4, -0.2) is 19.5 Å². The minimum Gasteiger partial charge on any atom is -0.309 e. The number of fused-ring (bicyclic) bond motifs is 2. The smallest absolute Gasteiger partial charge is 0.262 e. The Bertz CT molecular complexity index is 1330. The van der Waals surface area contributed by atoms with Gasteiger partial charge in [0, 0.05) is 6.54 Å². The Morgan fingerprint density at radius 3 is 2.35 bits per heavy atom. The molecule has 1 unspecified atom stereocenters. The molecule has 0 spiro atoms. The van der Waals surface area contributed by atoms with E-state index in [2.05, 4.69) is 16.9 Å². The summed E-state index contributed by atoms with van der Waals surface area (Å²) in [5, 5.41) is 1.68. The maximum atomic E-state index is 13.2. The average molecular weight is 435 g/mol. The fourth-order valence-corrected chi connectivity index (χ4v) is 4.63. The number of thioether (sulfide) groups is 1. The van der Waals surface area contributed by atoms with Gasteiger partial charge in [0.05, 0.1) is 27.1 Å². The lowest BCUT2D eigenvalue weighted by Gasteiger charge is -2.16. The van der Waals surface area contributed by atoms with Gasteiger partial charge in [0.2, 0.25) is 0 Å². The Morgan fingerprint density at radius 1 is 0.935 bits per heavy atom. The molecule has 0 aliphatic rings. The molecule has 6 nitrogen and oxygen atoms in total. The van der Waals surface area contributed by atoms with Crippen LogP contribution in [0.15, 0.2) is 63.3 Å². The van der Waals surface area contributed by atoms with Crippen LogP contribution >= 0.6 is 11.8 Å². The summed E-state index contributed by atoms with van der Waals surface area (Å²) in [4.78, 5) is 38.0. The summed E-state index contributed by atoms with van der Waals surface area (Å²) in [6.45, 7) is 4.78. The van der Waals surface area contributed by atoms with Crippen LogP contribution in [0.1, 0.15) is 50.6 Å². The SMILES string of the molecule is CCCCCCn1c(SC(C)c2nc3ccccc3c(=O)[nH]2)nc2ccccc2c1=O. The summed E-state index contributed by atoms with van der Waals surface area (Å²) in [6.07, 6.45) is 4.30. The fraction of sp³-hybridized carbons (Fsp3) is 0.333. The number of unbranched alkanes of at least 4 members (excludes halogenated alkanes) is 3. The highest BCUT2D eigenvalue weighted by Crippen LogP contribution is 2.32. The number of H-pyrrole nitrogens is 1. The Kier molecular flexibility index (Phi) is 6.51. The van der Waals surface area contributed by atoms with E-state index in [0.717, 1.165) is 25.7 Å². The van der Waals surface area contributed by atoms with Gasteiger partial charge in [0.1, 0.15) is 5.82 Å². The van der Waals surface area contributed by atoms with Gasteiger partial charge >= 0.3 is 0 Å². The van der Waals surface area contributed by atoms with Crippen molar-refractivity contribution in [1.82, 2.24) is 19.5 Å². The van der Waals surface area contributed by atoms with E-state index < -0.39 is 0 Å². The summed E-state index contributed by atoms with van der Waals surface area (Å²) >= 11 is 1.45. The molecule has 2 heterocycles. The van der Waals surface area contributed by atoms with Crippen LogP contribution in [0.2, 0.25) is 0 Å². The van der Waals surface area contributed by atoms with Crippen LogP contribution in [0.3, 0.4) is 0 Å². The van der Waals surface area contributed by atoms with Gasteiger partial charge in [-0.3, -0.25) is 14.2 Å². The zero-order chi connectivity index (χ0) is 21.8. The van der Waals surface area contributed by atoms with Crippen molar-refractivity contribution in [3.8, 4) is 0 Å². The second-order valence-electron chi connectivity index (χ2n) is 7.66. The number of nitrogens with one attached hydrogen (secondary N) is 1. The van der Waals surface area contributed by atoms with Crippen LogP contribution in [-0.2, 0) is 6.54 Å². The van der Waals surface area contributed by atoms with Crippen molar-refractivity contribution in [3.05, 3.63) is 75.1 Å². The topological polar surface area (TPSA) is 80.6 Å². The summed E-state index contributed by atoms with van der Waals surface area (Å²) in [7, 11) is 0. The molecule has 4 aromatic rings.